The molecular formula is C49H32N8. The predicted octanol–water partition coefficient (Wildman–Crippen LogP) is 11.2. The van der Waals surface area contributed by atoms with Gasteiger partial charge >= 0.3 is 0 Å². The first kappa shape index (κ1) is 32.6. The van der Waals surface area contributed by atoms with Gasteiger partial charge in [0.1, 0.15) is 0 Å². The Morgan fingerprint density at radius 3 is 1.51 bits per heavy atom. The van der Waals surface area contributed by atoms with Gasteiger partial charge in [-0.15, -0.1) is 0 Å². The second-order valence-electron chi connectivity index (χ2n) is 14.1. The number of nitrogens with zero attached hydrogens (tertiary/aromatic N) is 8. The lowest BCUT2D eigenvalue weighted by atomic mass is 10.1. The lowest BCUT2D eigenvalue weighted by Gasteiger charge is -2.14. The maximum Gasteiger partial charge on any atom is 0.235 e. The van der Waals surface area contributed by atoms with Gasteiger partial charge in [-0.2, -0.15) is 0 Å². The largest absolute Gasteiger partial charge is 0.307 e. The van der Waals surface area contributed by atoms with Crippen molar-refractivity contribution >= 4 is 43.6 Å². The van der Waals surface area contributed by atoms with E-state index in [1.54, 1.807) is 0 Å². The van der Waals surface area contributed by atoms with E-state index in [9.17, 15) is 0 Å². The van der Waals surface area contributed by atoms with Gasteiger partial charge in [-0.05, 0) is 42.8 Å². The molecule has 8 heteroatoms. The Hall–Kier alpha value is -7.84. The molecule has 0 saturated heterocycles. The van der Waals surface area contributed by atoms with E-state index in [1.165, 1.54) is 5.39 Å². The van der Waals surface area contributed by atoms with Crippen LogP contribution in [-0.4, -0.2) is 39.0 Å². The van der Waals surface area contributed by atoms with E-state index in [1.807, 2.05) is 79.4 Å². The van der Waals surface area contributed by atoms with Crippen LogP contribution < -0.4 is 0 Å². The van der Waals surface area contributed by atoms with Crippen molar-refractivity contribution < 1.29 is 0 Å². The molecular weight excluding hydrogens is 701 g/mol. The fraction of sp³-hybridized carbons (Fsp3) is 0.0204. The molecule has 11 rings (SSSR count). The van der Waals surface area contributed by atoms with E-state index < -0.39 is 0 Å². The van der Waals surface area contributed by atoms with Gasteiger partial charge in [-0.1, -0.05) is 121 Å². The van der Waals surface area contributed by atoms with Gasteiger partial charge in [0.15, 0.2) is 11.6 Å². The van der Waals surface area contributed by atoms with Gasteiger partial charge in [0.25, 0.3) is 0 Å². The number of hydrogen-bond donors (Lipinski definition) is 0. The van der Waals surface area contributed by atoms with Crippen molar-refractivity contribution in [2.24, 2.45) is 0 Å². The summed E-state index contributed by atoms with van der Waals surface area (Å²) in [4.78, 5) is 29.9. The van der Waals surface area contributed by atoms with E-state index >= 15 is 0 Å². The molecule has 268 valence electrons. The maximum atomic E-state index is 5.34. The minimum Gasteiger partial charge on any atom is -0.307 e. The van der Waals surface area contributed by atoms with Crippen molar-refractivity contribution in [3.8, 4) is 56.9 Å². The van der Waals surface area contributed by atoms with Gasteiger partial charge in [0.05, 0.1) is 33.5 Å². The minimum absolute atomic E-state index is 0.515. The van der Waals surface area contributed by atoms with E-state index in [2.05, 4.69) is 113 Å². The Bertz CT molecular complexity index is 3280. The van der Waals surface area contributed by atoms with Crippen molar-refractivity contribution in [1.29, 1.82) is 0 Å². The second kappa shape index (κ2) is 13.2. The Kier molecular flexibility index (Phi) is 7.53. The Morgan fingerprint density at radius 1 is 0.404 bits per heavy atom. The lowest BCUT2D eigenvalue weighted by Crippen LogP contribution is -2.06. The standard InChI is InChI=1S/C49H32N8/c1-31-14-8-9-19-36(31)48-52-29-34(30-53-48)42-26-41(33-27-50-47(51-28-33)32-15-4-2-5-16-32)54-49(55-42)57-44-23-13-11-21-38(44)40-25-24-39-37-20-10-12-22-43(37)56(45(39)46(40)57)35-17-6-3-7-18-35/h2-30H,1H3. The van der Waals surface area contributed by atoms with Gasteiger partial charge in [-0.3, -0.25) is 4.57 Å². The fourth-order valence-corrected chi connectivity index (χ4v) is 8.00. The van der Waals surface area contributed by atoms with Crippen LogP contribution in [0.3, 0.4) is 0 Å². The predicted molar refractivity (Wildman–Crippen MR) is 228 cm³/mol. The van der Waals surface area contributed by atoms with Crippen molar-refractivity contribution in [2.75, 3.05) is 0 Å². The second-order valence-corrected chi connectivity index (χ2v) is 14.1. The van der Waals surface area contributed by atoms with Gasteiger partial charge in [-0.25, -0.2) is 29.9 Å². The average Bonchev–Trinajstić information content (AvgIpc) is 3.80. The normalized spacial score (nSPS) is 11.6. The highest BCUT2D eigenvalue weighted by Gasteiger charge is 2.23. The number of hydrogen-bond acceptors (Lipinski definition) is 6. The third-order valence-electron chi connectivity index (χ3n) is 10.7. The van der Waals surface area contributed by atoms with Crippen LogP contribution in [0.1, 0.15) is 5.56 Å². The van der Waals surface area contributed by atoms with Crippen LogP contribution in [0, 0.1) is 6.92 Å². The Morgan fingerprint density at radius 2 is 0.895 bits per heavy atom. The number of aromatic nitrogens is 8. The molecule has 8 nitrogen and oxygen atoms in total. The third kappa shape index (κ3) is 5.38. The molecule has 0 saturated carbocycles. The number of rotatable bonds is 6. The SMILES string of the molecule is Cc1ccccc1-c1ncc(-c2cc(-c3cnc(-c4ccccc4)nc3)nc(-n3c4ccccc4c4ccc5c6ccccc6n(-c6ccccc6)c5c43)n2)cn1. The zero-order valence-corrected chi connectivity index (χ0v) is 30.8. The van der Waals surface area contributed by atoms with E-state index in [0.717, 1.165) is 71.7 Å². The first-order chi connectivity index (χ1) is 28.2. The smallest absolute Gasteiger partial charge is 0.235 e. The molecule has 0 aliphatic carbocycles. The number of para-hydroxylation sites is 3. The van der Waals surface area contributed by atoms with E-state index in [-0.39, 0.29) is 0 Å². The zero-order chi connectivity index (χ0) is 37.9. The van der Waals surface area contributed by atoms with Crippen molar-refractivity contribution in [3.63, 3.8) is 0 Å². The highest BCUT2D eigenvalue weighted by molar-refractivity contribution is 6.23. The molecule has 0 amide bonds. The molecule has 57 heavy (non-hydrogen) atoms. The summed E-state index contributed by atoms with van der Waals surface area (Å²) in [5, 5.41) is 4.53. The molecule has 0 atom stereocenters. The van der Waals surface area contributed by atoms with E-state index in [0.29, 0.717) is 29.0 Å². The molecule has 0 radical (unpaired) electrons. The first-order valence-electron chi connectivity index (χ1n) is 18.9. The highest BCUT2D eigenvalue weighted by atomic mass is 15.2. The number of aryl methyl sites for hydroxylation is 1. The minimum atomic E-state index is 0.515. The molecule has 5 heterocycles. The topological polar surface area (TPSA) is 87.2 Å². The molecule has 5 aromatic heterocycles. The van der Waals surface area contributed by atoms with Crippen LogP contribution in [0.15, 0.2) is 176 Å². The van der Waals surface area contributed by atoms with Crippen LogP contribution in [0.25, 0.3) is 101 Å². The average molecular weight is 733 g/mol. The van der Waals surface area contributed by atoms with Crippen LogP contribution in [0.2, 0.25) is 0 Å². The summed E-state index contributed by atoms with van der Waals surface area (Å²) >= 11 is 0. The van der Waals surface area contributed by atoms with Gasteiger partial charge < -0.3 is 4.57 Å². The molecule has 0 fully saturated rings. The summed E-state index contributed by atoms with van der Waals surface area (Å²) in [5.74, 6) is 1.82. The van der Waals surface area contributed by atoms with Crippen LogP contribution in [0.4, 0.5) is 0 Å². The summed E-state index contributed by atoms with van der Waals surface area (Å²) in [6.07, 6.45) is 7.36. The summed E-state index contributed by atoms with van der Waals surface area (Å²) in [6, 6.07) is 52.2. The first-order valence-corrected chi connectivity index (χ1v) is 18.9. The van der Waals surface area contributed by atoms with Crippen LogP contribution >= 0.6 is 0 Å². The molecule has 0 unspecified atom stereocenters. The molecule has 6 aromatic carbocycles. The quantitative estimate of drug-likeness (QED) is 0.169. The highest BCUT2D eigenvalue weighted by Crippen LogP contribution is 2.41. The molecule has 0 bridgehead atoms. The third-order valence-corrected chi connectivity index (χ3v) is 10.7. The fourth-order valence-electron chi connectivity index (χ4n) is 8.00. The summed E-state index contributed by atoms with van der Waals surface area (Å²) in [7, 11) is 0. The Balaban J connectivity index is 1.20. The van der Waals surface area contributed by atoms with Crippen molar-refractivity contribution in [1.82, 2.24) is 39.0 Å². The van der Waals surface area contributed by atoms with Gasteiger partial charge in [0.2, 0.25) is 5.95 Å². The van der Waals surface area contributed by atoms with Gasteiger partial charge in [0, 0.05) is 74.3 Å². The number of fused-ring (bicyclic) bond motifs is 7. The van der Waals surface area contributed by atoms with Crippen LogP contribution in [-0.2, 0) is 0 Å². The molecule has 11 aromatic rings. The zero-order valence-electron chi connectivity index (χ0n) is 30.8. The molecule has 0 aliphatic rings. The van der Waals surface area contributed by atoms with Crippen molar-refractivity contribution in [3.05, 3.63) is 182 Å². The summed E-state index contributed by atoms with van der Waals surface area (Å²) in [6.45, 7) is 2.07. The van der Waals surface area contributed by atoms with Crippen molar-refractivity contribution in [2.45, 2.75) is 6.92 Å². The molecule has 0 aliphatic heterocycles. The maximum absolute atomic E-state index is 5.34. The molecule has 0 N–H and O–H groups in total. The molecule has 0 spiro atoms. The monoisotopic (exact) mass is 732 g/mol. The lowest BCUT2D eigenvalue weighted by molar-refractivity contribution is 0.991. The summed E-state index contributed by atoms with van der Waals surface area (Å²) < 4.78 is 4.57. The summed E-state index contributed by atoms with van der Waals surface area (Å²) in [5.41, 5.74) is 11.2. The van der Waals surface area contributed by atoms with Crippen LogP contribution in [0.5, 0.6) is 0 Å². The van der Waals surface area contributed by atoms with E-state index in [4.69, 9.17) is 29.9 Å². The number of benzene rings is 6. The Labute approximate surface area is 327 Å².